The van der Waals surface area contributed by atoms with Crippen LogP contribution in [0.3, 0.4) is 0 Å². The standard InChI is InChI=1S/C48H32N4/c1-48(2)40-26-25-31-15-5-8-20-34(31)44(40)39-27-38-35-21-9-10-24-42(35)52(43(38)28-41(39)48)47-50-45(36-22-11-16-29-13-3-6-18-32(29)36)49-46(51-47)37-23-12-17-30-14-4-7-19-33(30)37/h3-28H,1-2H3. The molecule has 0 atom stereocenters. The number of rotatable bonds is 3. The molecule has 0 bridgehead atoms. The molecule has 0 amide bonds. The summed E-state index contributed by atoms with van der Waals surface area (Å²) in [5.41, 5.74) is 9.24. The monoisotopic (exact) mass is 664 g/mol. The van der Waals surface area contributed by atoms with E-state index in [0.717, 1.165) is 43.7 Å². The predicted molar refractivity (Wildman–Crippen MR) is 215 cm³/mol. The SMILES string of the molecule is CC1(C)c2cc3c(cc2-c2c1ccc1ccccc21)c1ccccc1n3-c1nc(-c2cccc3ccccc23)nc(-c2cccc3ccccc23)n1. The topological polar surface area (TPSA) is 43.6 Å². The van der Waals surface area contributed by atoms with Crippen molar-refractivity contribution in [3.05, 3.63) is 169 Å². The quantitative estimate of drug-likeness (QED) is 0.189. The molecule has 2 heterocycles. The largest absolute Gasteiger partial charge is 0.278 e. The van der Waals surface area contributed by atoms with E-state index in [1.165, 1.54) is 43.8 Å². The first-order valence-electron chi connectivity index (χ1n) is 17.9. The van der Waals surface area contributed by atoms with Crippen molar-refractivity contribution in [3.63, 3.8) is 0 Å². The van der Waals surface area contributed by atoms with Crippen molar-refractivity contribution in [3.8, 4) is 39.9 Å². The molecule has 52 heavy (non-hydrogen) atoms. The van der Waals surface area contributed by atoms with Crippen molar-refractivity contribution in [2.75, 3.05) is 0 Å². The van der Waals surface area contributed by atoms with Gasteiger partial charge in [0.2, 0.25) is 5.95 Å². The second-order valence-corrected chi connectivity index (χ2v) is 14.4. The van der Waals surface area contributed by atoms with E-state index in [0.29, 0.717) is 17.6 Å². The molecule has 4 heteroatoms. The number of hydrogen-bond donors (Lipinski definition) is 0. The average molecular weight is 665 g/mol. The maximum absolute atomic E-state index is 5.35. The Morgan fingerprint density at radius 2 is 0.942 bits per heavy atom. The summed E-state index contributed by atoms with van der Waals surface area (Å²) in [6.45, 7) is 4.71. The lowest BCUT2D eigenvalue weighted by Crippen LogP contribution is -2.15. The van der Waals surface area contributed by atoms with E-state index in [1.807, 2.05) is 0 Å². The first-order valence-corrected chi connectivity index (χ1v) is 17.9. The highest BCUT2D eigenvalue weighted by Gasteiger charge is 2.37. The summed E-state index contributed by atoms with van der Waals surface area (Å²) in [5, 5.41) is 9.43. The van der Waals surface area contributed by atoms with Crippen LogP contribution in [0.25, 0.3) is 94.0 Å². The highest BCUT2D eigenvalue weighted by molar-refractivity contribution is 6.13. The van der Waals surface area contributed by atoms with Gasteiger partial charge in [-0.2, -0.15) is 9.97 Å². The maximum Gasteiger partial charge on any atom is 0.238 e. The highest BCUT2D eigenvalue weighted by atomic mass is 15.2. The van der Waals surface area contributed by atoms with Gasteiger partial charge in [-0.05, 0) is 72.8 Å². The molecule has 1 aliphatic carbocycles. The molecule has 11 rings (SSSR count). The van der Waals surface area contributed by atoms with Gasteiger partial charge in [0, 0.05) is 27.3 Å². The Morgan fingerprint density at radius 3 is 1.60 bits per heavy atom. The minimum Gasteiger partial charge on any atom is -0.278 e. The fourth-order valence-corrected chi connectivity index (χ4v) is 8.73. The van der Waals surface area contributed by atoms with Crippen LogP contribution >= 0.6 is 0 Å². The van der Waals surface area contributed by atoms with Crippen LogP contribution in [0.5, 0.6) is 0 Å². The molecule has 4 nitrogen and oxygen atoms in total. The Labute approximate surface area is 300 Å². The molecule has 2 aromatic heterocycles. The van der Waals surface area contributed by atoms with E-state index in [9.17, 15) is 0 Å². The lowest BCUT2D eigenvalue weighted by molar-refractivity contribution is 0.661. The number of fused-ring (bicyclic) bond motifs is 10. The van der Waals surface area contributed by atoms with Gasteiger partial charge in [0.1, 0.15) is 0 Å². The third kappa shape index (κ3) is 4.06. The molecule has 0 unspecified atom stereocenters. The Hall–Kier alpha value is -6.65. The van der Waals surface area contributed by atoms with E-state index < -0.39 is 0 Å². The number of aromatic nitrogens is 4. The molecule has 0 N–H and O–H groups in total. The highest BCUT2D eigenvalue weighted by Crippen LogP contribution is 2.53. The zero-order valence-corrected chi connectivity index (χ0v) is 28.8. The van der Waals surface area contributed by atoms with Crippen molar-refractivity contribution in [2.45, 2.75) is 19.3 Å². The number of nitrogens with zero attached hydrogens (tertiary/aromatic N) is 4. The fraction of sp³-hybridized carbons (Fsp3) is 0.0625. The van der Waals surface area contributed by atoms with Crippen LogP contribution in [0.2, 0.25) is 0 Å². The Morgan fingerprint density at radius 1 is 0.404 bits per heavy atom. The molecule has 0 radical (unpaired) electrons. The number of para-hydroxylation sites is 1. The molecule has 0 saturated carbocycles. The molecule has 10 aromatic rings. The number of benzene rings is 8. The normalized spacial score (nSPS) is 13.3. The van der Waals surface area contributed by atoms with Gasteiger partial charge in [-0.1, -0.05) is 153 Å². The maximum atomic E-state index is 5.35. The zero-order chi connectivity index (χ0) is 34.6. The summed E-state index contributed by atoms with van der Waals surface area (Å²) in [7, 11) is 0. The molecule has 8 aromatic carbocycles. The number of hydrogen-bond acceptors (Lipinski definition) is 3. The predicted octanol–water partition coefficient (Wildman–Crippen LogP) is 12.1. The van der Waals surface area contributed by atoms with E-state index >= 15 is 0 Å². The third-order valence-electron chi connectivity index (χ3n) is 11.2. The molecular formula is C48H32N4. The lowest BCUT2D eigenvalue weighted by atomic mass is 9.82. The van der Waals surface area contributed by atoms with Crippen LogP contribution in [-0.2, 0) is 5.41 Å². The third-order valence-corrected chi connectivity index (χ3v) is 11.2. The van der Waals surface area contributed by atoms with Gasteiger partial charge in [0.05, 0.1) is 11.0 Å². The van der Waals surface area contributed by atoms with Crippen LogP contribution in [0, 0.1) is 0 Å². The summed E-state index contributed by atoms with van der Waals surface area (Å²) in [6, 6.07) is 56.4. The van der Waals surface area contributed by atoms with E-state index in [1.54, 1.807) is 0 Å². The van der Waals surface area contributed by atoms with Gasteiger partial charge in [0.25, 0.3) is 0 Å². The smallest absolute Gasteiger partial charge is 0.238 e. The van der Waals surface area contributed by atoms with Crippen molar-refractivity contribution < 1.29 is 0 Å². The van der Waals surface area contributed by atoms with Gasteiger partial charge in [0.15, 0.2) is 11.6 Å². The minimum atomic E-state index is -0.189. The fourth-order valence-electron chi connectivity index (χ4n) is 8.73. The Bertz CT molecular complexity index is 3010. The summed E-state index contributed by atoms with van der Waals surface area (Å²) >= 11 is 0. The summed E-state index contributed by atoms with van der Waals surface area (Å²) in [4.78, 5) is 16.0. The summed E-state index contributed by atoms with van der Waals surface area (Å²) < 4.78 is 2.26. The van der Waals surface area contributed by atoms with Gasteiger partial charge in [-0.25, -0.2) is 4.98 Å². The van der Waals surface area contributed by atoms with Crippen molar-refractivity contribution >= 4 is 54.1 Å². The zero-order valence-electron chi connectivity index (χ0n) is 28.8. The van der Waals surface area contributed by atoms with Crippen molar-refractivity contribution in [1.82, 2.24) is 19.5 Å². The van der Waals surface area contributed by atoms with E-state index in [-0.39, 0.29) is 5.41 Å². The Balaban J connectivity index is 1.24. The van der Waals surface area contributed by atoms with Crippen LogP contribution in [0.15, 0.2) is 158 Å². The molecule has 244 valence electrons. The van der Waals surface area contributed by atoms with Gasteiger partial charge in [-0.15, -0.1) is 0 Å². The summed E-state index contributed by atoms with van der Waals surface area (Å²) in [5.74, 6) is 1.90. The second-order valence-electron chi connectivity index (χ2n) is 14.4. The first kappa shape index (κ1) is 29.1. The molecule has 0 saturated heterocycles. The van der Waals surface area contributed by atoms with Crippen molar-refractivity contribution in [2.24, 2.45) is 0 Å². The molecular weight excluding hydrogens is 633 g/mol. The van der Waals surface area contributed by atoms with Gasteiger partial charge < -0.3 is 0 Å². The molecule has 1 aliphatic rings. The van der Waals surface area contributed by atoms with Gasteiger partial charge >= 0.3 is 0 Å². The van der Waals surface area contributed by atoms with E-state index in [2.05, 4.69) is 176 Å². The van der Waals surface area contributed by atoms with Crippen molar-refractivity contribution in [1.29, 1.82) is 0 Å². The first-order chi connectivity index (χ1) is 25.5. The summed E-state index contributed by atoms with van der Waals surface area (Å²) in [6.07, 6.45) is 0. The van der Waals surface area contributed by atoms with Crippen LogP contribution < -0.4 is 0 Å². The Kier molecular flexibility index (Phi) is 5.98. The van der Waals surface area contributed by atoms with E-state index in [4.69, 9.17) is 15.0 Å². The minimum absolute atomic E-state index is 0.189. The van der Waals surface area contributed by atoms with Crippen LogP contribution in [-0.4, -0.2) is 19.5 Å². The molecule has 0 fully saturated rings. The average Bonchev–Trinajstić information content (AvgIpc) is 3.64. The van der Waals surface area contributed by atoms with Crippen LogP contribution in [0.1, 0.15) is 25.0 Å². The second kappa shape index (κ2) is 10.7. The van der Waals surface area contributed by atoms with Crippen LogP contribution in [0.4, 0.5) is 0 Å². The lowest BCUT2D eigenvalue weighted by Gasteiger charge is -2.22. The van der Waals surface area contributed by atoms with Gasteiger partial charge in [-0.3, -0.25) is 4.57 Å². The molecule has 0 spiro atoms. The molecule has 0 aliphatic heterocycles.